The van der Waals surface area contributed by atoms with Crippen molar-refractivity contribution in [3.8, 4) is 0 Å². The molecule has 3 atom stereocenters. The number of carbonyl (C=O) groups is 2. The molecule has 17 nitrogen and oxygen atoms in total. The van der Waals surface area contributed by atoms with Crippen molar-refractivity contribution < 1.29 is 61.3 Å². The Morgan fingerprint density at radius 2 is 1.61 bits per heavy atom. The molecule has 21 heteroatoms. The number of hydrogen-bond donors (Lipinski definition) is 2. The summed E-state index contributed by atoms with van der Waals surface area (Å²) in [6, 6.07) is 3.94. The SMILES string of the molecule is CCN(C(=O)OC(C)(C)C)C(CC[C@@H](COS(C)(=O)=O)OC)C1=NC(OS(C)(=O)=O)C(OS(C)(=O)=O)=C(C(=O)NCc2ccc(F)cc2)N1. The number of halogens is 1. The summed E-state index contributed by atoms with van der Waals surface area (Å²) in [6.07, 6.45) is -1.61. The van der Waals surface area contributed by atoms with Crippen LogP contribution in [-0.4, -0.2) is 111 Å². The summed E-state index contributed by atoms with van der Waals surface area (Å²) in [6.45, 7) is 5.91. The van der Waals surface area contributed by atoms with Gasteiger partial charge in [-0.15, -0.1) is 0 Å². The number of carbonyl (C=O) groups excluding carboxylic acids is 2. The Balaban J connectivity index is 2.69. The van der Waals surface area contributed by atoms with Crippen molar-refractivity contribution in [1.82, 2.24) is 15.5 Å². The maximum atomic E-state index is 13.6. The van der Waals surface area contributed by atoms with E-state index in [-0.39, 0.29) is 38.4 Å². The van der Waals surface area contributed by atoms with E-state index < -0.39 is 83.6 Å². The Labute approximate surface area is 286 Å². The van der Waals surface area contributed by atoms with Crippen molar-refractivity contribution >= 4 is 48.2 Å². The fraction of sp³-hybridized carbons (Fsp3) is 0.607. The molecular weight excluding hydrogens is 716 g/mol. The summed E-state index contributed by atoms with van der Waals surface area (Å²) < 4.78 is 112. The van der Waals surface area contributed by atoms with Crippen molar-refractivity contribution in [2.24, 2.45) is 4.99 Å². The van der Waals surface area contributed by atoms with Crippen LogP contribution in [0, 0.1) is 5.82 Å². The average molecular weight is 759 g/mol. The average Bonchev–Trinajstić information content (AvgIpc) is 2.94. The van der Waals surface area contributed by atoms with Crippen LogP contribution >= 0.6 is 0 Å². The zero-order chi connectivity index (χ0) is 37.4. The number of rotatable bonds is 17. The summed E-state index contributed by atoms with van der Waals surface area (Å²) >= 11 is 0. The molecule has 0 aliphatic carbocycles. The molecule has 0 spiro atoms. The van der Waals surface area contributed by atoms with Gasteiger partial charge in [0.2, 0.25) is 12.0 Å². The number of nitrogens with one attached hydrogen (secondary N) is 2. The molecule has 1 aromatic rings. The third-order valence-corrected chi connectivity index (χ3v) is 7.88. The molecule has 2 unspecified atom stereocenters. The van der Waals surface area contributed by atoms with Gasteiger partial charge in [0.15, 0.2) is 5.70 Å². The highest BCUT2D eigenvalue weighted by molar-refractivity contribution is 7.86. The van der Waals surface area contributed by atoms with Crippen LogP contribution in [0.5, 0.6) is 0 Å². The molecular formula is C28H43FN4O13S3. The summed E-state index contributed by atoms with van der Waals surface area (Å²) in [5, 5.41) is 5.21. The normalized spacial score (nSPS) is 17.0. The molecule has 1 heterocycles. The van der Waals surface area contributed by atoms with Gasteiger partial charge < -0.3 is 24.3 Å². The molecule has 0 bridgehead atoms. The maximum Gasteiger partial charge on any atom is 0.410 e. The molecule has 0 saturated heterocycles. The second-order valence-electron chi connectivity index (χ2n) is 11.8. The zero-order valence-corrected chi connectivity index (χ0v) is 30.8. The molecule has 1 aliphatic heterocycles. The topological polar surface area (TPSA) is 222 Å². The molecule has 1 aliphatic rings. The minimum Gasteiger partial charge on any atom is -0.444 e. The number of likely N-dealkylation sites (N-methyl/N-ethyl adjacent to an activating group) is 1. The lowest BCUT2D eigenvalue weighted by atomic mass is 10.0. The first-order valence-electron chi connectivity index (χ1n) is 14.7. The van der Waals surface area contributed by atoms with Gasteiger partial charge in [-0.05, 0) is 58.2 Å². The van der Waals surface area contributed by atoms with E-state index in [9.17, 15) is 39.2 Å². The Bertz CT molecular complexity index is 1720. The maximum absolute atomic E-state index is 13.6. The van der Waals surface area contributed by atoms with Gasteiger partial charge in [0.25, 0.3) is 26.1 Å². The van der Waals surface area contributed by atoms with E-state index in [4.69, 9.17) is 22.0 Å². The van der Waals surface area contributed by atoms with Crippen LogP contribution in [0.25, 0.3) is 0 Å². The standard InChI is InChI=1S/C28H43FN4O13S3/c1-9-33(27(35)44-28(2,3)4)21(15-14-20(42-5)17-43-47(6,36)37)24-31-22(25(34)30-16-18-10-12-19(29)13-11-18)23(45-48(7,38)39)26(32-24)46-49(8,40)41/h10-13,20-21,26H,9,14-17H2,1-8H3,(H,30,34)(H,31,32)/t20-,21?,26?/m0/s1. The zero-order valence-electron chi connectivity index (χ0n) is 28.4. The molecule has 2 N–H and O–H groups in total. The Hall–Kier alpha value is -3.37. The molecule has 0 fully saturated rings. The number of aliphatic imine (C=N–C) groups is 1. The Morgan fingerprint density at radius 1 is 1.00 bits per heavy atom. The third-order valence-electron chi connectivity index (χ3n) is 6.30. The first-order chi connectivity index (χ1) is 22.4. The fourth-order valence-corrected chi connectivity index (χ4v) is 5.62. The minimum absolute atomic E-state index is 0.0160. The lowest BCUT2D eigenvalue weighted by Crippen LogP contribution is -2.54. The van der Waals surface area contributed by atoms with Crippen molar-refractivity contribution in [3.05, 3.63) is 47.1 Å². The van der Waals surface area contributed by atoms with E-state index in [1.807, 2.05) is 0 Å². The summed E-state index contributed by atoms with van der Waals surface area (Å²) in [4.78, 5) is 32.5. The Morgan fingerprint density at radius 3 is 2.10 bits per heavy atom. The van der Waals surface area contributed by atoms with Crippen molar-refractivity contribution in [1.29, 1.82) is 0 Å². The van der Waals surface area contributed by atoms with Gasteiger partial charge in [-0.1, -0.05) is 12.1 Å². The third kappa shape index (κ3) is 15.0. The van der Waals surface area contributed by atoms with Gasteiger partial charge in [-0.25, -0.2) is 18.4 Å². The largest absolute Gasteiger partial charge is 0.444 e. The minimum atomic E-state index is -4.41. The van der Waals surface area contributed by atoms with E-state index in [2.05, 4.69) is 15.6 Å². The summed E-state index contributed by atoms with van der Waals surface area (Å²) in [5.41, 5.74) is -1.13. The lowest BCUT2D eigenvalue weighted by Gasteiger charge is -2.36. The van der Waals surface area contributed by atoms with Gasteiger partial charge >= 0.3 is 16.2 Å². The van der Waals surface area contributed by atoms with Crippen molar-refractivity contribution in [2.75, 3.05) is 39.0 Å². The van der Waals surface area contributed by atoms with Gasteiger partial charge in [-0.3, -0.25) is 13.9 Å². The van der Waals surface area contributed by atoms with Crippen LogP contribution in [-0.2, 0) is 63.7 Å². The molecule has 0 saturated carbocycles. The first kappa shape index (κ1) is 41.8. The summed E-state index contributed by atoms with van der Waals surface area (Å²) in [7, 11) is -11.3. The van der Waals surface area contributed by atoms with Gasteiger partial charge in [0, 0.05) is 20.2 Å². The van der Waals surface area contributed by atoms with Crippen LogP contribution in [0.4, 0.5) is 9.18 Å². The molecule has 0 radical (unpaired) electrons. The van der Waals surface area contributed by atoms with Crippen LogP contribution in [0.3, 0.4) is 0 Å². The molecule has 49 heavy (non-hydrogen) atoms. The molecule has 2 rings (SSSR count). The highest BCUT2D eigenvalue weighted by Crippen LogP contribution is 2.26. The van der Waals surface area contributed by atoms with E-state index in [1.165, 1.54) is 24.1 Å². The monoisotopic (exact) mass is 758 g/mol. The number of methoxy groups -OCH3 is 1. The van der Waals surface area contributed by atoms with Crippen LogP contribution in [0.2, 0.25) is 0 Å². The van der Waals surface area contributed by atoms with Crippen LogP contribution in [0.1, 0.15) is 46.1 Å². The quantitative estimate of drug-likeness (QED) is 0.214. The second kappa shape index (κ2) is 17.0. The van der Waals surface area contributed by atoms with E-state index >= 15 is 0 Å². The fourth-order valence-electron chi connectivity index (χ4n) is 4.27. The number of hydrogen-bond acceptors (Lipinski definition) is 15. The summed E-state index contributed by atoms with van der Waals surface area (Å²) in [5.74, 6) is -2.60. The van der Waals surface area contributed by atoms with Gasteiger partial charge in [0.05, 0.1) is 37.5 Å². The van der Waals surface area contributed by atoms with Gasteiger partial charge in [0.1, 0.15) is 17.3 Å². The van der Waals surface area contributed by atoms with E-state index in [0.29, 0.717) is 18.1 Å². The highest BCUT2D eigenvalue weighted by atomic mass is 32.2. The molecule has 0 aromatic heterocycles. The molecule has 1 aromatic carbocycles. The van der Waals surface area contributed by atoms with Crippen molar-refractivity contribution in [3.63, 3.8) is 0 Å². The van der Waals surface area contributed by atoms with E-state index in [0.717, 1.165) is 18.4 Å². The first-order valence-corrected chi connectivity index (χ1v) is 20.1. The highest BCUT2D eigenvalue weighted by Gasteiger charge is 2.40. The number of amidine groups is 1. The second-order valence-corrected chi connectivity index (χ2v) is 16.7. The predicted molar refractivity (Wildman–Crippen MR) is 175 cm³/mol. The number of nitrogens with zero attached hydrogens (tertiary/aromatic N) is 2. The van der Waals surface area contributed by atoms with Crippen LogP contribution in [0.15, 0.2) is 40.7 Å². The number of amides is 2. The van der Waals surface area contributed by atoms with Gasteiger partial charge in [-0.2, -0.15) is 25.3 Å². The number of ether oxygens (including phenoxy) is 2. The predicted octanol–water partition coefficient (Wildman–Crippen LogP) is 1.33. The molecule has 2 amide bonds. The Kier molecular flexibility index (Phi) is 14.5. The van der Waals surface area contributed by atoms with Crippen molar-refractivity contribution in [2.45, 2.75) is 71.1 Å². The van der Waals surface area contributed by atoms with Crippen LogP contribution < -0.4 is 10.6 Å². The molecule has 278 valence electrons. The smallest absolute Gasteiger partial charge is 0.410 e. The number of benzene rings is 1. The lowest BCUT2D eigenvalue weighted by molar-refractivity contribution is -0.118. The van der Waals surface area contributed by atoms with E-state index in [1.54, 1.807) is 27.7 Å².